The van der Waals surface area contributed by atoms with Crippen molar-refractivity contribution in [3.05, 3.63) is 0 Å². The molecule has 0 aromatic heterocycles. The number of rotatable bonds is 15. The van der Waals surface area contributed by atoms with Gasteiger partial charge in [-0.15, -0.1) is 0 Å². The number of carbonyl (C=O) groups is 2. The minimum absolute atomic E-state index is 0.0375. The Bertz CT molecular complexity index is 432. The molecule has 1 saturated carbocycles. The van der Waals surface area contributed by atoms with Gasteiger partial charge in [0.2, 0.25) is 0 Å². The summed E-state index contributed by atoms with van der Waals surface area (Å²) in [7, 11) is 0. The Kier molecular flexibility index (Phi) is 13.3. The second kappa shape index (κ2) is 14.9. The van der Waals surface area contributed by atoms with Gasteiger partial charge in [-0.1, -0.05) is 78.6 Å². The monoisotopic (exact) mass is 396 g/mol. The van der Waals surface area contributed by atoms with Crippen molar-refractivity contribution in [2.45, 2.75) is 123 Å². The summed E-state index contributed by atoms with van der Waals surface area (Å²) in [4.78, 5) is 24.3. The molecule has 28 heavy (non-hydrogen) atoms. The van der Waals surface area contributed by atoms with Crippen LogP contribution in [0, 0.1) is 17.8 Å². The van der Waals surface area contributed by atoms with Crippen LogP contribution in [0.3, 0.4) is 0 Å². The van der Waals surface area contributed by atoms with Crippen LogP contribution in [0.5, 0.6) is 0 Å². The third-order valence-corrected chi connectivity index (χ3v) is 6.11. The number of esters is 1. The minimum atomic E-state index is -0.841. The molecule has 0 spiro atoms. The lowest BCUT2D eigenvalue weighted by atomic mass is 9.79. The van der Waals surface area contributed by atoms with Crippen LogP contribution in [-0.2, 0) is 14.3 Å². The van der Waals surface area contributed by atoms with Gasteiger partial charge in [0.25, 0.3) is 0 Å². The van der Waals surface area contributed by atoms with E-state index in [-0.39, 0.29) is 12.1 Å². The second-order valence-electron chi connectivity index (χ2n) is 9.13. The number of carbonyl (C=O) groups excluding carboxylic acids is 1. The number of unbranched alkanes of at least 4 members (excludes halogenated alkanes) is 6. The molecule has 0 radical (unpaired) electrons. The van der Waals surface area contributed by atoms with Crippen molar-refractivity contribution < 1.29 is 19.4 Å². The Balaban J connectivity index is 2.50. The summed E-state index contributed by atoms with van der Waals surface area (Å²) in [5, 5.41) is 9.45. The number of ether oxygens (including phenoxy) is 1. The molecule has 4 heteroatoms. The molecule has 3 atom stereocenters. The average Bonchev–Trinajstić information content (AvgIpc) is 2.66. The molecular weight excluding hydrogens is 352 g/mol. The predicted molar refractivity (Wildman–Crippen MR) is 114 cm³/mol. The van der Waals surface area contributed by atoms with Crippen LogP contribution in [0.1, 0.15) is 117 Å². The molecule has 1 fully saturated rings. The number of aliphatic carboxylic acids is 1. The molecule has 0 aromatic rings. The fraction of sp³-hybridized carbons (Fsp3) is 0.917. The first-order valence-electron chi connectivity index (χ1n) is 11.9. The molecular formula is C24H44O4. The van der Waals surface area contributed by atoms with Crippen LogP contribution < -0.4 is 0 Å². The number of hydrogen-bond acceptors (Lipinski definition) is 3. The highest BCUT2D eigenvalue weighted by molar-refractivity contribution is 5.81. The van der Waals surface area contributed by atoms with Crippen molar-refractivity contribution in [2.24, 2.45) is 17.8 Å². The highest BCUT2D eigenvalue weighted by Gasteiger charge is 2.37. The number of carboxylic acid groups (broad SMARTS) is 1. The van der Waals surface area contributed by atoms with Gasteiger partial charge < -0.3 is 9.84 Å². The van der Waals surface area contributed by atoms with Crippen molar-refractivity contribution >= 4 is 11.9 Å². The highest BCUT2D eigenvalue weighted by Crippen LogP contribution is 2.32. The van der Waals surface area contributed by atoms with E-state index in [4.69, 9.17) is 4.74 Å². The first-order valence-corrected chi connectivity index (χ1v) is 11.9. The zero-order valence-electron chi connectivity index (χ0n) is 18.6. The van der Waals surface area contributed by atoms with Gasteiger partial charge in [-0.25, -0.2) is 0 Å². The molecule has 0 heterocycles. The van der Waals surface area contributed by atoms with E-state index < -0.39 is 17.8 Å². The third-order valence-electron chi connectivity index (χ3n) is 6.11. The zero-order valence-corrected chi connectivity index (χ0v) is 18.6. The molecule has 0 aliphatic heterocycles. The quantitative estimate of drug-likeness (QED) is 0.245. The molecule has 4 nitrogen and oxygen atoms in total. The van der Waals surface area contributed by atoms with Crippen LogP contribution in [0.2, 0.25) is 0 Å². The van der Waals surface area contributed by atoms with Gasteiger partial charge in [-0.05, 0) is 44.4 Å². The maximum Gasteiger partial charge on any atom is 0.310 e. The van der Waals surface area contributed by atoms with Crippen molar-refractivity contribution in [3.63, 3.8) is 0 Å². The largest absolute Gasteiger partial charge is 0.481 e. The van der Waals surface area contributed by atoms with E-state index in [0.717, 1.165) is 44.4 Å². The summed E-state index contributed by atoms with van der Waals surface area (Å²) in [6.45, 7) is 6.72. The molecule has 0 saturated heterocycles. The summed E-state index contributed by atoms with van der Waals surface area (Å²) >= 11 is 0. The Morgan fingerprint density at radius 1 is 0.857 bits per heavy atom. The van der Waals surface area contributed by atoms with Crippen LogP contribution >= 0.6 is 0 Å². The van der Waals surface area contributed by atoms with E-state index in [1.54, 1.807) is 0 Å². The van der Waals surface area contributed by atoms with E-state index >= 15 is 0 Å². The third kappa shape index (κ3) is 10.5. The van der Waals surface area contributed by atoms with Gasteiger partial charge in [0.05, 0.1) is 11.8 Å². The van der Waals surface area contributed by atoms with Crippen LogP contribution in [0.4, 0.5) is 0 Å². The Morgan fingerprint density at radius 3 is 1.96 bits per heavy atom. The van der Waals surface area contributed by atoms with Crippen LogP contribution in [0.25, 0.3) is 0 Å². The van der Waals surface area contributed by atoms with E-state index in [2.05, 4.69) is 20.8 Å². The smallest absolute Gasteiger partial charge is 0.310 e. The van der Waals surface area contributed by atoms with Gasteiger partial charge in [-0.3, -0.25) is 9.59 Å². The molecule has 1 N–H and O–H groups in total. The molecule has 164 valence electrons. The SMILES string of the molecule is CCCCCCCC(CCCCCC(C)C)OC(=O)C1CCCCC1C(=O)O. The minimum Gasteiger partial charge on any atom is -0.481 e. The molecule has 0 bridgehead atoms. The van der Waals surface area contributed by atoms with Crippen LogP contribution in [-0.4, -0.2) is 23.1 Å². The van der Waals surface area contributed by atoms with E-state index in [9.17, 15) is 14.7 Å². The maximum absolute atomic E-state index is 12.8. The summed E-state index contributed by atoms with van der Waals surface area (Å²) in [5.74, 6) is -1.36. The summed E-state index contributed by atoms with van der Waals surface area (Å²) < 4.78 is 5.90. The Labute approximate surface area is 172 Å². The van der Waals surface area contributed by atoms with Crippen LogP contribution in [0.15, 0.2) is 0 Å². The fourth-order valence-corrected chi connectivity index (χ4v) is 4.30. The van der Waals surface area contributed by atoms with Crippen molar-refractivity contribution in [1.29, 1.82) is 0 Å². The summed E-state index contributed by atoms with van der Waals surface area (Å²) in [6.07, 6.45) is 15.7. The fourth-order valence-electron chi connectivity index (χ4n) is 4.30. The highest BCUT2D eigenvalue weighted by atomic mass is 16.5. The summed E-state index contributed by atoms with van der Waals surface area (Å²) in [6, 6.07) is 0. The molecule has 1 rings (SSSR count). The topological polar surface area (TPSA) is 63.6 Å². The van der Waals surface area contributed by atoms with Gasteiger partial charge in [-0.2, -0.15) is 0 Å². The molecule has 1 aliphatic rings. The lowest BCUT2D eigenvalue weighted by Gasteiger charge is -2.29. The van der Waals surface area contributed by atoms with Gasteiger partial charge in [0.15, 0.2) is 0 Å². The Hall–Kier alpha value is -1.06. The van der Waals surface area contributed by atoms with Gasteiger partial charge in [0.1, 0.15) is 6.10 Å². The maximum atomic E-state index is 12.8. The Morgan fingerprint density at radius 2 is 1.39 bits per heavy atom. The van der Waals surface area contributed by atoms with Gasteiger partial charge in [0, 0.05) is 0 Å². The summed E-state index contributed by atoms with van der Waals surface area (Å²) in [5.41, 5.74) is 0. The predicted octanol–water partition coefficient (Wildman–Crippen LogP) is 6.76. The standard InChI is InChI=1S/C24H44O4/c1-4-5-6-7-10-15-20(16-11-8-9-14-19(2)3)28-24(27)22-18-13-12-17-21(22)23(25)26/h19-22H,4-18H2,1-3H3,(H,25,26). The van der Waals surface area contributed by atoms with Gasteiger partial charge >= 0.3 is 11.9 Å². The zero-order chi connectivity index (χ0) is 20.8. The second-order valence-corrected chi connectivity index (χ2v) is 9.13. The normalized spacial score (nSPS) is 20.9. The lowest BCUT2D eigenvalue weighted by Crippen LogP contribution is -2.35. The van der Waals surface area contributed by atoms with E-state index in [1.807, 2.05) is 0 Å². The van der Waals surface area contributed by atoms with Crippen molar-refractivity contribution in [2.75, 3.05) is 0 Å². The molecule has 0 amide bonds. The molecule has 1 aliphatic carbocycles. The molecule has 3 unspecified atom stereocenters. The number of hydrogen-bond donors (Lipinski definition) is 1. The average molecular weight is 397 g/mol. The molecule has 0 aromatic carbocycles. The first kappa shape index (κ1) is 25.0. The van der Waals surface area contributed by atoms with E-state index in [1.165, 1.54) is 44.9 Å². The van der Waals surface area contributed by atoms with E-state index in [0.29, 0.717) is 12.8 Å². The van der Waals surface area contributed by atoms with Crippen molar-refractivity contribution in [3.8, 4) is 0 Å². The van der Waals surface area contributed by atoms with Crippen molar-refractivity contribution in [1.82, 2.24) is 0 Å². The first-order chi connectivity index (χ1) is 13.5. The number of carboxylic acids is 1. The lowest BCUT2D eigenvalue weighted by molar-refractivity contribution is -0.164.